The highest BCUT2D eigenvalue weighted by atomic mass is 35.5. The van der Waals surface area contributed by atoms with E-state index < -0.39 is 6.29 Å². The molecule has 0 spiro atoms. The average Bonchev–Trinajstić information content (AvgIpc) is 3.34. The van der Waals surface area contributed by atoms with Gasteiger partial charge in [-0.05, 0) is 50.2 Å². The van der Waals surface area contributed by atoms with Crippen molar-refractivity contribution in [1.82, 2.24) is 10.1 Å². The van der Waals surface area contributed by atoms with Crippen LogP contribution in [0.15, 0.2) is 59.5 Å². The van der Waals surface area contributed by atoms with Crippen LogP contribution in [0.4, 0.5) is 0 Å². The molecule has 7 heteroatoms. The Kier molecular flexibility index (Phi) is 4.73. The topological polar surface area (TPSA) is 66.6 Å². The van der Waals surface area contributed by atoms with Crippen LogP contribution in [0.3, 0.4) is 0 Å². The molecule has 2 heterocycles. The van der Waals surface area contributed by atoms with Gasteiger partial charge in [0.2, 0.25) is 5.82 Å². The van der Waals surface area contributed by atoms with Crippen LogP contribution in [0.2, 0.25) is 5.02 Å². The summed E-state index contributed by atoms with van der Waals surface area (Å²) in [7, 11) is 0. The highest BCUT2D eigenvalue weighted by Crippen LogP contribution is 2.33. The lowest BCUT2D eigenvalue weighted by molar-refractivity contribution is -0.0245. The van der Waals surface area contributed by atoms with Crippen molar-refractivity contribution < 1.29 is 18.7 Å². The first-order chi connectivity index (χ1) is 13.1. The fourth-order valence-corrected chi connectivity index (χ4v) is 2.93. The lowest BCUT2D eigenvalue weighted by atomic mass is 10.1. The summed E-state index contributed by atoms with van der Waals surface area (Å²) in [6.45, 7) is 3.96. The zero-order valence-electron chi connectivity index (χ0n) is 14.8. The second kappa shape index (κ2) is 7.32. The van der Waals surface area contributed by atoms with Crippen LogP contribution < -0.4 is 4.74 Å². The molecule has 0 atom stereocenters. The van der Waals surface area contributed by atoms with Gasteiger partial charge in [0.1, 0.15) is 18.3 Å². The molecular formula is C20H17ClN2O4. The summed E-state index contributed by atoms with van der Waals surface area (Å²) in [5.74, 6) is 1.61. The molecule has 1 aliphatic heterocycles. The molecule has 0 saturated heterocycles. The van der Waals surface area contributed by atoms with Crippen LogP contribution in [0, 0.1) is 0 Å². The van der Waals surface area contributed by atoms with Gasteiger partial charge in [0.05, 0.1) is 11.1 Å². The van der Waals surface area contributed by atoms with Crippen LogP contribution in [0.1, 0.15) is 25.7 Å². The van der Waals surface area contributed by atoms with E-state index in [9.17, 15) is 0 Å². The monoisotopic (exact) mass is 384 g/mol. The van der Waals surface area contributed by atoms with Crippen molar-refractivity contribution in [2.24, 2.45) is 0 Å². The molecule has 4 rings (SSSR count). The van der Waals surface area contributed by atoms with Gasteiger partial charge in [0, 0.05) is 16.7 Å². The minimum atomic E-state index is -0.482. The van der Waals surface area contributed by atoms with Gasteiger partial charge in [0.25, 0.3) is 12.2 Å². The number of hydrogen-bond donors (Lipinski definition) is 0. The summed E-state index contributed by atoms with van der Waals surface area (Å²) in [5.41, 5.74) is 2.27. The summed E-state index contributed by atoms with van der Waals surface area (Å²) in [5, 5.41) is 4.53. The zero-order valence-corrected chi connectivity index (χ0v) is 15.5. The fraction of sp³-hybridized carbons (Fsp3) is 0.200. The summed E-state index contributed by atoms with van der Waals surface area (Å²) >= 11 is 6.40. The normalized spacial score (nSPS) is 13.6. The second-order valence-corrected chi connectivity index (χ2v) is 6.64. The minimum Gasteiger partial charge on any atom is -0.491 e. The molecule has 2 aromatic carbocycles. The van der Waals surface area contributed by atoms with E-state index in [1.807, 2.05) is 50.2 Å². The molecule has 1 aromatic heterocycles. The summed E-state index contributed by atoms with van der Waals surface area (Å²) in [4.78, 5) is 4.45. The Labute approximate surface area is 161 Å². The zero-order chi connectivity index (χ0) is 18.8. The quantitative estimate of drug-likeness (QED) is 0.589. The van der Waals surface area contributed by atoms with E-state index >= 15 is 0 Å². The number of rotatable bonds is 5. The van der Waals surface area contributed by atoms with Crippen molar-refractivity contribution in [3.05, 3.63) is 65.6 Å². The molecule has 0 aliphatic carbocycles. The van der Waals surface area contributed by atoms with Crippen LogP contribution in [-0.4, -0.2) is 16.2 Å². The summed E-state index contributed by atoms with van der Waals surface area (Å²) < 4.78 is 21.7. The molecule has 0 unspecified atom stereocenters. The van der Waals surface area contributed by atoms with Gasteiger partial charge >= 0.3 is 0 Å². The standard InChI is InChI=1S/C20H17ClN2O4/c1-12(2)26-15-6-3-13(4-7-15)19-22-18(23-27-19)16-8-5-14(11-17(16)21)20-24-9-10-25-20/h3-12,20H,1-2H3. The second-order valence-electron chi connectivity index (χ2n) is 6.23. The summed E-state index contributed by atoms with van der Waals surface area (Å²) in [6.07, 6.45) is 2.63. The summed E-state index contributed by atoms with van der Waals surface area (Å²) in [6, 6.07) is 12.9. The van der Waals surface area contributed by atoms with Crippen molar-refractivity contribution >= 4 is 11.6 Å². The third-order valence-electron chi connectivity index (χ3n) is 3.87. The lowest BCUT2D eigenvalue weighted by Gasteiger charge is -2.11. The molecule has 0 saturated carbocycles. The van der Waals surface area contributed by atoms with E-state index in [1.54, 1.807) is 6.07 Å². The Morgan fingerprint density at radius 1 is 1.04 bits per heavy atom. The predicted octanol–water partition coefficient (Wildman–Crippen LogP) is 5.36. The Hall–Kier alpha value is -2.99. The molecule has 0 bridgehead atoms. The molecular weight excluding hydrogens is 368 g/mol. The number of benzene rings is 2. The van der Waals surface area contributed by atoms with Crippen molar-refractivity contribution in [1.29, 1.82) is 0 Å². The van der Waals surface area contributed by atoms with Crippen molar-refractivity contribution in [2.45, 2.75) is 26.2 Å². The predicted molar refractivity (Wildman–Crippen MR) is 100.0 cm³/mol. The third-order valence-corrected chi connectivity index (χ3v) is 4.18. The van der Waals surface area contributed by atoms with Crippen LogP contribution >= 0.6 is 11.6 Å². The number of ether oxygens (including phenoxy) is 3. The maximum atomic E-state index is 6.40. The molecule has 0 fully saturated rings. The molecule has 0 N–H and O–H groups in total. The van der Waals surface area contributed by atoms with Gasteiger partial charge in [0.15, 0.2) is 0 Å². The molecule has 138 valence electrons. The number of nitrogens with zero attached hydrogens (tertiary/aromatic N) is 2. The first-order valence-corrected chi connectivity index (χ1v) is 8.84. The molecule has 27 heavy (non-hydrogen) atoms. The van der Waals surface area contributed by atoms with Crippen molar-refractivity contribution in [3.8, 4) is 28.6 Å². The minimum absolute atomic E-state index is 0.117. The first kappa shape index (κ1) is 17.4. The van der Waals surface area contributed by atoms with Gasteiger partial charge in [-0.3, -0.25) is 0 Å². The van der Waals surface area contributed by atoms with Crippen molar-refractivity contribution in [2.75, 3.05) is 0 Å². The van der Waals surface area contributed by atoms with E-state index in [0.29, 0.717) is 22.3 Å². The number of aromatic nitrogens is 2. The Bertz CT molecular complexity index is 958. The highest BCUT2D eigenvalue weighted by Gasteiger charge is 2.19. The highest BCUT2D eigenvalue weighted by molar-refractivity contribution is 6.33. The first-order valence-electron chi connectivity index (χ1n) is 8.47. The van der Waals surface area contributed by atoms with E-state index in [-0.39, 0.29) is 6.10 Å². The maximum Gasteiger partial charge on any atom is 0.266 e. The van der Waals surface area contributed by atoms with Gasteiger partial charge in [-0.25, -0.2) is 0 Å². The SMILES string of the molecule is CC(C)Oc1ccc(-c2nc(-c3ccc(C4OC=CO4)cc3Cl)no2)cc1. The average molecular weight is 385 g/mol. The smallest absolute Gasteiger partial charge is 0.266 e. The van der Waals surface area contributed by atoms with Gasteiger partial charge in [-0.1, -0.05) is 22.8 Å². The molecule has 6 nitrogen and oxygen atoms in total. The largest absolute Gasteiger partial charge is 0.491 e. The van der Waals surface area contributed by atoms with E-state index in [2.05, 4.69) is 10.1 Å². The Balaban J connectivity index is 1.55. The van der Waals surface area contributed by atoms with E-state index in [4.69, 9.17) is 30.3 Å². The van der Waals surface area contributed by atoms with E-state index in [0.717, 1.165) is 16.9 Å². The maximum absolute atomic E-state index is 6.40. The molecule has 3 aromatic rings. The third kappa shape index (κ3) is 3.75. The van der Waals surface area contributed by atoms with Crippen LogP contribution in [0.5, 0.6) is 5.75 Å². The van der Waals surface area contributed by atoms with Crippen LogP contribution in [0.25, 0.3) is 22.8 Å². The molecule has 0 radical (unpaired) electrons. The van der Waals surface area contributed by atoms with Gasteiger partial charge < -0.3 is 18.7 Å². The number of hydrogen-bond acceptors (Lipinski definition) is 6. The fourth-order valence-electron chi connectivity index (χ4n) is 2.65. The van der Waals surface area contributed by atoms with Crippen molar-refractivity contribution in [3.63, 3.8) is 0 Å². The Morgan fingerprint density at radius 3 is 2.44 bits per heavy atom. The Morgan fingerprint density at radius 2 is 1.78 bits per heavy atom. The molecule has 1 aliphatic rings. The van der Waals surface area contributed by atoms with Gasteiger partial charge in [-0.2, -0.15) is 4.98 Å². The molecule has 0 amide bonds. The lowest BCUT2D eigenvalue weighted by Crippen LogP contribution is -2.05. The number of halogens is 1. The van der Waals surface area contributed by atoms with Gasteiger partial charge in [-0.15, -0.1) is 0 Å². The van der Waals surface area contributed by atoms with E-state index in [1.165, 1.54) is 12.5 Å². The van der Waals surface area contributed by atoms with Crippen LogP contribution in [-0.2, 0) is 9.47 Å².